The molecule has 0 radical (unpaired) electrons. The summed E-state index contributed by atoms with van der Waals surface area (Å²) in [4.78, 5) is 7.79. The summed E-state index contributed by atoms with van der Waals surface area (Å²) in [6.07, 6.45) is 8.63. The van der Waals surface area contributed by atoms with Gasteiger partial charge in [-0.3, -0.25) is 9.89 Å². The van der Waals surface area contributed by atoms with Crippen LogP contribution in [0.4, 0.5) is 0 Å². The Hall–Kier alpha value is -0.850. The number of rotatable bonds is 5. The minimum Gasteiger partial charge on any atom is -0.381 e. The van der Waals surface area contributed by atoms with E-state index in [0.717, 1.165) is 64.8 Å². The highest BCUT2D eigenvalue weighted by Crippen LogP contribution is 2.36. The maximum Gasteiger partial charge on any atom is 0.191 e. The van der Waals surface area contributed by atoms with Gasteiger partial charge in [0, 0.05) is 44.4 Å². The van der Waals surface area contributed by atoms with Crippen molar-refractivity contribution in [3.05, 3.63) is 0 Å². The molecule has 0 aromatic heterocycles. The molecule has 3 aliphatic rings. The van der Waals surface area contributed by atoms with Crippen LogP contribution in [0.3, 0.4) is 0 Å². The third-order valence-corrected chi connectivity index (χ3v) is 6.32. The number of hydrogen-bond donors (Lipinski definition) is 2. The SMILES string of the molecule is CCNC(=NCC1(N2CCOC(C)(C)C2)CCCCC1)NC1CCOCC1. The molecule has 6 heteroatoms. The fourth-order valence-electron chi connectivity index (χ4n) is 4.79. The molecule has 0 spiro atoms. The summed E-state index contributed by atoms with van der Waals surface area (Å²) in [7, 11) is 0. The summed E-state index contributed by atoms with van der Waals surface area (Å²) in [5.41, 5.74) is 0.134. The normalized spacial score (nSPS) is 27.3. The van der Waals surface area contributed by atoms with Crippen LogP contribution in [-0.4, -0.2) is 74.0 Å². The van der Waals surface area contributed by atoms with Crippen LogP contribution >= 0.6 is 0 Å². The largest absolute Gasteiger partial charge is 0.381 e. The molecule has 1 saturated carbocycles. The lowest BCUT2D eigenvalue weighted by molar-refractivity contribution is -0.121. The number of guanidine groups is 1. The topological polar surface area (TPSA) is 58.1 Å². The molecular formula is C21H40N4O2. The molecule has 0 bridgehead atoms. The van der Waals surface area contributed by atoms with E-state index in [-0.39, 0.29) is 11.1 Å². The lowest BCUT2D eigenvalue weighted by atomic mass is 9.79. The van der Waals surface area contributed by atoms with Crippen molar-refractivity contribution in [2.45, 2.75) is 82.9 Å². The maximum atomic E-state index is 5.98. The predicted molar refractivity (Wildman–Crippen MR) is 110 cm³/mol. The zero-order valence-corrected chi connectivity index (χ0v) is 17.7. The molecule has 2 aliphatic heterocycles. The van der Waals surface area contributed by atoms with Crippen molar-refractivity contribution >= 4 is 5.96 Å². The molecule has 2 saturated heterocycles. The first-order valence-corrected chi connectivity index (χ1v) is 11.0. The molecule has 0 amide bonds. The van der Waals surface area contributed by atoms with Crippen molar-refractivity contribution in [1.29, 1.82) is 0 Å². The minimum atomic E-state index is -0.0583. The highest BCUT2D eigenvalue weighted by Gasteiger charge is 2.42. The Morgan fingerprint density at radius 3 is 2.52 bits per heavy atom. The molecule has 0 aromatic carbocycles. The second-order valence-electron chi connectivity index (χ2n) is 9.04. The third kappa shape index (κ3) is 5.81. The van der Waals surface area contributed by atoms with Gasteiger partial charge in [-0.05, 0) is 46.5 Å². The van der Waals surface area contributed by atoms with E-state index in [9.17, 15) is 0 Å². The number of nitrogens with one attached hydrogen (secondary N) is 2. The Labute approximate surface area is 165 Å². The number of nitrogens with zero attached hydrogens (tertiary/aromatic N) is 2. The zero-order valence-electron chi connectivity index (χ0n) is 17.7. The number of aliphatic imine (C=N–C) groups is 1. The summed E-state index contributed by atoms with van der Waals surface area (Å²) >= 11 is 0. The van der Waals surface area contributed by atoms with Gasteiger partial charge in [0.05, 0.1) is 18.8 Å². The van der Waals surface area contributed by atoms with Crippen LogP contribution in [0.2, 0.25) is 0 Å². The van der Waals surface area contributed by atoms with Crippen LogP contribution in [0.15, 0.2) is 4.99 Å². The molecule has 0 unspecified atom stereocenters. The maximum absolute atomic E-state index is 5.98. The Kier molecular flexibility index (Phi) is 7.40. The van der Waals surface area contributed by atoms with Gasteiger partial charge in [0.25, 0.3) is 0 Å². The Bertz CT molecular complexity index is 483. The molecule has 27 heavy (non-hydrogen) atoms. The van der Waals surface area contributed by atoms with Gasteiger partial charge in [0.15, 0.2) is 5.96 Å². The average Bonchev–Trinajstić information content (AvgIpc) is 2.67. The van der Waals surface area contributed by atoms with Crippen LogP contribution in [0.25, 0.3) is 0 Å². The Morgan fingerprint density at radius 2 is 1.85 bits per heavy atom. The summed E-state index contributed by atoms with van der Waals surface area (Å²) in [6, 6.07) is 0.473. The molecule has 3 fully saturated rings. The first-order chi connectivity index (χ1) is 13.0. The summed E-state index contributed by atoms with van der Waals surface area (Å²) in [6.45, 7) is 12.9. The van der Waals surface area contributed by atoms with Gasteiger partial charge >= 0.3 is 0 Å². The van der Waals surface area contributed by atoms with Gasteiger partial charge in [0.1, 0.15) is 0 Å². The van der Waals surface area contributed by atoms with E-state index in [0.29, 0.717) is 6.04 Å². The average molecular weight is 381 g/mol. The van der Waals surface area contributed by atoms with E-state index in [4.69, 9.17) is 14.5 Å². The lowest BCUT2D eigenvalue weighted by Gasteiger charge is -2.51. The molecule has 0 atom stereocenters. The van der Waals surface area contributed by atoms with E-state index in [2.05, 4.69) is 36.3 Å². The first-order valence-electron chi connectivity index (χ1n) is 11.0. The minimum absolute atomic E-state index is 0.0583. The van der Waals surface area contributed by atoms with Crippen LogP contribution in [-0.2, 0) is 9.47 Å². The second kappa shape index (κ2) is 9.57. The van der Waals surface area contributed by atoms with Crippen molar-refractivity contribution < 1.29 is 9.47 Å². The number of hydrogen-bond acceptors (Lipinski definition) is 4. The van der Waals surface area contributed by atoms with Crippen molar-refractivity contribution in [1.82, 2.24) is 15.5 Å². The van der Waals surface area contributed by atoms with Crippen molar-refractivity contribution in [2.75, 3.05) is 46.0 Å². The van der Waals surface area contributed by atoms with Crippen molar-refractivity contribution in [3.8, 4) is 0 Å². The molecule has 2 N–H and O–H groups in total. The van der Waals surface area contributed by atoms with E-state index in [1.54, 1.807) is 0 Å². The fraction of sp³-hybridized carbons (Fsp3) is 0.952. The third-order valence-electron chi connectivity index (χ3n) is 6.32. The van der Waals surface area contributed by atoms with E-state index in [1.807, 2.05) is 0 Å². The molecule has 0 aromatic rings. The van der Waals surface area contributed by atoms with Crippen LogP contribution in [0, 0.1) is 0 Å². The Morgan fingerprint density at radius 1 is 1.11 bits per heavy atom. The Balaban J connectivity index is 1.70. The van der Waals surface area contributed by atoms with E-state index < -0.39 is 0 Å². The van der Waals surface area contributed by atoms with Gasteiger partial charge in [-0.1, -0.05) is 19.3 Å². The summed E-state index contributed by atoms with van der Waals surface area (Å²) < 4.78 is 11.5. The standard InChI is InChI=1S/C21H40N4O2/c1-4-22-19(24-18-8-13-26-14-9-18)23-16-21(10-6-5-7-11-21)25-12-15-27-20(2,3)17-25/h18H,4-17H2,1-3H3,(H2,22,23,24). The quantitative estimate of drug-likeness (QED) is 0.567. The zero-order chi connectivity index (χ0) is 19.2. The molecule has 3 rings (SSSR count). The number of ether oxygens (including phenoxy) is 2. The first kappa shape index (κ1) is 20.9. The highest BCUT2D eigenvalue weighted by molar-refractivity contribution is 5.80. The molecule has 2 heterocycles. The van der Waals surface area contributed by atoms with E-state index in [1.165, 1.54) is 32.1 Å². The molecule has 6 nitrogen and oxygen atoms in total. The predicted octanol–water partition coefficient (Wildman–Crippen LogP) is 2.53. The van der Waals surface area contributed by atoms with Gasteiger partial charge in [-0.2, -0.15) is 0 Å². The smallest absolute Gasteiger partial charge is 0.191 e. The van der Waals surface area contributed by atoms with Crippen LogP contribution in [0.5, 0.6) is 0 Å². The van der Waals surface area contributed by atoms with Crippen molar-refractivity contribution in [2.24, 2.45) is 4.99 Å². The molecule has 156 valence electrons. The second-order valence-corrected chi connectivity index (χ2v) is 9.04. The van der Waals surface area contributed by atoms with Gasteiger partial charge in [-0.15, -0.1) is 0 Å². The van der Waals surface area contributed by atoms with Gasteiger partial charge < -0.3 is 20.1 Å². The lowest BCUT2D eigenvalue weighted by Crippen LogP contribution is -2.61. The molecule has 1 aliphatic carbocycles. The number of morpholine rings is 1. The fourth-order valence-corrected chi connectivity index (χ4v) is 4.79. The van der Waals surface area contributed by atoms with Crippen molar-refractivity contribution in [3.63, 3.8) is 0 Å². The highest BCUT2D eigenvalue weighted by atomic mass is 16.5. The van der Waals surface area contributed by atoms with Gasteiger partial charge in [-0.25, -0.2) is 0 Å². The van der Waals surface area contributed by atoms with E-state index >= 15 is 0 Å². The summed E-state index contributed by atoms with van der Waals surface area (Å²) in [5, 5.41) is 7.11. The van der Waals surface area contributed by atoms with Crippen LogP contribution < -0.4 is 10.6 Å². The summed E-state index contributed by atoms with van der Waals surface area (Å²) in [5.74, 6) is 0.974. The molecular weight excluding hydrogens is 340 g/mol. The monoisotopic (exact) mass is 380 g/mol. The van der Waals surface area contributed by atoms with Gasteiger partial charge in [0.2, 0.25) is 0 Å². The van der Waals surface area contributed by atoms with Crippen LogP contribution in [0.1, 0.15) is 65.7 Å².